The zero-order chi connectivity index (χ0) is 28.1. The molecule has 1 fully saturated rings. The summed E-state index contributed by atoms with van der Waals surface area (Å²) >= 11 is 0. The number of hydrogen-bond donors (Lipinski definition) is 2. The van der Waals surface area contributed by atoms with E-state index in [1.54, 1.807) is 22.6 Å². The molecule has 1 atom stereocenters. The number of nitrogens with one attached hydrogen (secondary N) is 2. The summed E-state index contributed by atoms with van der Waals surface area (Å²) in [5.74, 6) is -0.486. The largest absolute Gasteiger partial charge is 0.311 e. The molecule has 0 spiro atoms. The van der Waals surface area contributed by atoms with Gasteiger partial charge in [-0.25, -0.2) is 4.68 Å². The molecule has 2 aromatic carbocycles. The van der Waals surface area contributed by atoms with Crippen LogP contribution in [0.3, 0.4) is 0 Å². The zero-order valence-corrected chi connectivity index (χ0v) is 22.6. The number of carbonyl (C=O) groups excluding carboxylic acids is 2. The molecule has 2 N–H and O–H groups in total. The van der Waals surface area contributed by atoms with Crippen LogP contribution in [-0.4, -0.2) is 47.9 Å². The van der Waals surface area contributed by atoms with E-state index >= 15 is 0 Å². The first-order chi connectivity index (χ1) is 19.2. The van der Waals surface area contributed by atoms with Crippen LogP contribution in [-0.2, 0) is 9.59 Å². The number of anilines is 2. The van der Waals surface area contributed by atoms with Crippen molar-refractivity contribution in [1.82, 2.24) is 29.5 Å². The maximum absolute atomic E-state index is 13.3. The third-order valence-electron chi connectivity index (χ3n) is 7.35. The van der Waals surface area contributed by atoms with Gasteiger partial charge in [0.25, 0.3) is 5.56 Å². The number of H-pyrrole nitrogens is 1. The number of aryl methyl sites for hydroxylation is 4. The molecule has 1 saturated heterocycles. The normalized spacial score (nSPS) is 15.2. The first kappa shape index (κ1) is 25.2. The first-order valence-electron chi connectivity index (χ1n) is 13.0. The fourth-order valence-electron chi connectivity index (χ4n) is 5.01. The van der Waals surface area contributed by atoms with Crippen LogP contribution in [0, 0.1) is 33.6 Å². The Hall–Kier alpha value is -5.06. The smallest absolute Gasteiger partial charge is 0.263 e. The Balaban J connectivity index is 1.31. The number of rotatable bonds is 5. The molecule has 5 aromatic rings. The van der Waals surface area contributed by atoms with E-state index in [0.717, 1.165) is 28.1 Å². The summed E-state index contributed by atoms with van der Waals surface area (Å²) in [6.45, 7) is 8.03. The maximum atomic E-state index is 13.3. The molecule has 2 amide bonds. The molecule has 1 aliphatic rings. The lowest BCUT2D eigenvalue weighted by Gasteiger charge is -2.19. The van der Waals surface area contributed by atoms with Gasteiger partial charge < -0.3 is 10.2 Å². The highest BCUT2D eigenvalue weighted by Gasteiger charge is 2.36. The number of nitrogens with zero attached hydrogens (tertiary/aromatic N) is 6. The molecule has 0 saturated carbocycles. The Morgan fingerprint density at radius 2 is 1.77 bits per heavy atom. The van der Waals surface area contributed by atoms with Gasteiger partial charge in [-0.05, 0) is 62.6 Å². The fourth-order valence-corrected chi connectivity index (χ4v) is 5.01. The average molecular weight is 537 g/mol. The van der Waals surface area contributed by atoms with Crippen molar-refractivity contribution in [3.8, 4) is 11.6 Å². The van der Waals surface area contributed by atoms with E-state index in [1.807, 2.05) is 63.2 Å². The molecule has 3 aromatic heterocycles. The van der Waals surface area contributed by atoms with Gasteiger partial charge in [0.05, 0.1) is 23.5 Å². The van der Waals surface area contributed by atoms with Crippen molar-refractivity contribution in [3.05, 3.63) is 87.5 Å². The second-order valence-electron chi connectivity index (χ2n) is 10.2. The van der Waals surface area contributed by atoms with E-state index in [2.05, 4.69) is 25.5 Å². The van der Waals surface area contributed by atoms with Crippen molar-refractivity contribution in [1.29, 1.82) is 0 Å². The van der Waals surface area contributed by atoms with E-state index < -0.39 is 5.92 Å². The van der Waals surface area contributed by atoms with E-state index in [9.17, 15) is 14.4 Å². The molecule has 40 heavy (non-hydrogen) atoms. The number of para-hydroxylation sites is 1. The van der Waals surface area contributed by atoms with Gasteiger partial charge in [-0.1, -0.05) is 24.3 Å². The van der Waals surface area contributed by atoms with Crippen molar-refractivity contribution >= 4 is 34.4 Å². The van der Waals surface area contributed by atoms with Gasteiger partial charge in [0.15, 0.2) is 5.65 Å². The van der Waals surface area contributed by atoms with Crippen LogP contribution in [0.15, 0.2) is 59.5 Å². The highest BCUT2D eigenvalue weighted by molar-refractivity contribution is 6.03. The Morgan fingerprint density at radius 3 is 2.55 bits per heavy atom. The van der Waals surface area contributed by atoms with Crippen molar-refractivity contribution in [2.24, 2.45) is 5.92 Å². The van der Waals surface area contributed by atoms with Gasteiger partial charge in [-0.15, -0.1) is 0 Å². The summed E-state index contributed by atoms with van der Waals surface area (Å²) in [5, 5.41) is 12.1. The number of hydrogen-bond acceptors (Lipinski definition) is 6. The average Bonchev–Trinajstić information content (AvgIpc) is 3.63. The molecule has 202 valence electrons. The number of carbonyl (C=O) groups is 2. The minimum absolute atomic E-state index is 0.101. The lowest BCUT2D eigenvalue weighted by atomic mass is 10.1. The molecule has 11 nitrogen and oxygen atoms in total. The lowest BCUT2D eigenvalue weighted by Crippen LogP contribution is -2.29. The number of aromatic amines is 1. The van der Waals surface area contributed by atoms with E-state index in [1.165, 1.54) is 10.9 Å². The summed E-state index contributed by atoms with van der Waals surface area (Å²) in [4.78, 5) is 48.2. The van der Waals surface area contributed by atoms with E-state index in [-0.39, 0.29) is 36.3 Å². The molecule has 1 aliphatic heterocycles. The molecule has 0 radical (unpaired) electrons. The van der Waals surface area contributed by atoms with Crippen molar-refractivity contribution < 1.29 is 9.59 Å². The standard InChI is InChI=1S/C29H28N8O3/c1-16-9-10-21(11-18(16)3)36-26-22(14-30-36)28(40)33-29(32-26)37-24(12-19(4)34-37)31-27(39)20-13-25(38)35(15-20)23-8-6-5-7-17(23)2/h5-12,14,20H,13,15H2,1-4H3,(H,31,39)(H,32,33,40). The Bertz CT molecular complexity index is 1860. The second kappa shape index (κ2) is 9.60. The molecule has 6 rings (SSSR count). The fraction of sp³-hybridized carbons (Fsp3) is 0.241. The number of amides is 2. The zero-order valence-electron chi connectivity index (χ0n) is 22.6. The number of benzene rings is 2. The molecule has 4 heterocycles. The molecule has 11 heteroatoms. The predicted octanol–water partition coefficient (Wildman–Crippen LogP) is 3.52. The first-order valence-corrected chi connectivity index (χ1v) is 13.0. The van der Waals surface area contributed by atoms with Crippen LogP contribution in [0.1, 0.15) is 28.8 Å². The summed E-state index contributed by atoms with van der Waals surface area (Å²) in [5.41, 5.74) is 5.38. The Kier molecular flexibility index (Phi) is 6.05. The van der Waals surface area contributed by atoms with Crippen molar-refractivity contribution in [2.75, 3.05) is 16.8 Å². The van der Waals surface area contributed by atoms with Gasteiger partial charge in [0, 0.05) is 24.7 Å². The topological polar surface area (TPSA) is 131 Å². The van der Waals surface area contributed by atoms with Crippen LogP contribution in [0.5, 0.6) is 0 Å². The van der Waals surface area contributed by atoms with Crippen molar-refractivity contribution in [3.63, 3.8) is 0 Å². The predicted molar refractivity (Wildman–Crippen MR) is 151 cm³/mol. The van der Waals surface area contributed by atoms with Crippen LogP contribution in [0.4, 0.5) is 11.5 Å². The highest BCUT2D eigenvalue weighted by Crippen LogP contribution is 2.29. The van der Waals surface area contributed by atoms with Crippen LogP contribution in [0.2, 0.25) is 0 Å². The molecule has 0 bridgehead atoms. The summed E-state index contributed by atoms with van der Waals surface area (Å²) in [6.07, 6.45) is 1.58. The Labute approximate surface area is 229 Å². The van der Waals surface area contributed by atoms with E-state index in [4.69, 9.17) is 0 Å². The molecular formula is C29H28N8O3. The second-order valence-corrected chi connectivity index (χ2v) is 10.2. The van der Waals surface area contributed by atoms with Crippen molar-refractivity contribution in [2.45, 2.75) is 34.1 Å². The summed E-state index contributed by atoms with van der Waals surface area (Å²) < 4.78 is 3.00. The Morgan fingerprint density at radius 1 is 0.975 bits per heavy atom. The van der Waals surface area contributed by atoms with Gasteiger partial charge in [-0.3, -0.25) is 19.4 Å². The number of aromatic nitrogens is 6. The third kappa shape index (κ3) is 4.35. The minimum atomic E-state index is -0.545. The SMILES string of the molecule is Cc1cc(NC(=O)C2CC(=O)N(c3ccccc3C)C2)n(-c2nc3c(cnn3-c3ccc(C)c(C)c3)c(=O)[nH]2)n1. The summed E-state index contributed by atoms with van der Waals surface area (Å²) in [7, 11) is 0. The van der Waals surface area contributed by atoms with Crippen LogP contribution in [0.25, 0.3) is 22.7 Å². The lowest BCUT2D eigenvalue weighted by molar-refractivity contribution is -0.122. The van der Waals surface area contributed by atoms with Crippen LogP contribution >= 0.6 is 0 Å². The molecule has 1 unspecified atom stereocenters. The van der Waals surface area contributed by atoms with E-state index in [0.29, 0.717) is 22.5 Å². The number of fused-ring (bicyclic) bond motifs is 1. The molecular weight excluding hydrogens is 508 g/mol. The van der Waals surface area contributed by atoms with Gasteiger partial charge >= 0.3 is 0 Å². The minimum Gasteiger partial charge on any atom is -0.311 e. The van der Waals surface area contributed by atoms with Crippen LogP contribution < -0.4 is 15.8 Å². The molecule has 0 aliphatic carbocycles. The quantitative estimate of drug-likeness (QED) is 0.353. The third-order valence-corrected chi connectivity index (χ3v) is 7.35. The summed E-state index contributed by atoms with van der Waals surface area (Å²) in [6, 6.07) is 15.2. The van der Waals surface area contributed by atoms with Gasteiger partial charge in [-0.2, -0.15) is 19.9 Å². The monoisotopic (exact) mass is 536 g/mol. The van der Waals surface area contributed by atoms with Gasteiger partial charge in [0.2, 0.25) is 17.8 Å². The van der Waals surface area contributed by atoms with Gasteiger partial charge in [0.1, 0.15) is 11.2 Å². The maximum Gasteiger partial charge on any atom is 0.263 e. The highest BCUT2D eigenvalue weighted by atomic mass is 16.2.